The molecule has 144 heavy (non-hydrogen) atoms. The van der Waals surface area contributed by atoms with E-state index in [4.69, 9.17) is 5.11 Å². The molecule has 6 aromatic carbocycles. The van der Waals surface area contributed by atoms with Crippen LogP contribution in [0.2, 0.25) is 0 Å². The van der Waals surface area contributed by atoms with E-state index in [1.54, 1.807) is 167 Å². The van der Waals surface area contributed by atoms with Crippen LogP contribution in [-0.4, -0.2) is 528 Å². The lowest BCUT2D eigenvalue weighted by atomic mass is 10.1. The first-order valence-corrected chi connectivity index (χ1v) is 58.0. The minimum Gasteiger partial charge on any atom is -0.395 e. The fraction of sp³-hybridized carbons (Fsp3) is 0.619. The molecule has 6 aromatic rings. The van der Waals surface area contributed by atoms with Crippen LogP contribution < -0.4 is 0 Å². The predicted molar refractivity (Wildman–Crippen MR) is 604 cm³/mol. The Hall–Kier alpha value is -6.40. The zero-order valence-electron chi connectivity index (χ0n) is 92.7. The Morgan fingerprint density at radius 2 is 0.410 bits per heavy atom. The molecule has 0 aromatic heterocycles. The van der Waals surface area contributed by atoms with Crippen LogP contribution in [0.3, 0.4) is 0 Å². The number of amides is 4. The minimum absolute atomic E-state index is 0.108. The summed E-state index contributed by atoms with van der Waals surface area (Å²) in [6.07, 6.45) is 8.66. The number of carbonyl (C=O) groups excluding carboxylic acids is 4. The third-order valence-electron chi connectivity index (χ3n) is 23.2. The number of imide groups is 2. The molecule has 1 N–H and O–H groups in total. The molecule has 0 atom stereocenters. The zero-order valence-corrected chi connectivity index (χ0v) is 99.2. The van der Waals surface area contributed by atoms with E-state index < -0.39 is 40.1 Å². The van der Waals surface area contributed by atoms with Crippen molar-refractivity contribution >= 4 is 95.6 Å². The second-order valence-electron chi connectivity index (χ2n) is 37.9. The first-order valence-electron chi connectivity index (χ1n) is 49.9. The number of halogens is 2. The van der Waals surface area contributed by atoms with Crippen LogP contribution in [0.4, 0.5) is 0 Å². The summed E-state index contributed by atoms with van der Waals surface area (Å²) in [5.41, 5.74) is 2.09. The van der Waals surface area contributed by atoms with E-state index in [1.807, 2.05) is 40.3 Å². The molecule has 4 amide bonds. The Kier molecular flexibility index (Phi) is 74.4. The number of fused-ring (bicyclic) bond motifs is 2. The maximum Gasteiger partial charge on any atom is 0.261 e. The summed E-state index contributed by atoms with van der Waals surface area (Å²) in [5.74, 6) is -0.701. The lowest BCUT2D eigenvalue weighted by Gasteiger charge is -2.25. The number of aliphatic hydroxyl groups excluding tert-OH is 1. The largest absolute Gasteiger partial charge is 0.395 e. The Labute approximate surface area is 889 Å². The first-order chi connectivity index (χ1) is 67.9. The summed E-state index contributed by atoms with van der Waals surface area (Å²) >= 11 is 6.42. The Bertz CT molecular complexity index is 4700. The van der Waals surface area contributed by atoms with Crippen molar-refractivity contribution in [1.29, 1.82) is 0 Å². The number of likely N-dealkylation sites (N-methyl/N-ethyl adjacent to an activating group) is 16. The molecule has 822 valence electrons. The van der Waals surface area contributed by atoms with Gasteiger partial charge in [-0.05, 0) is 266 Å². The number of nitrogens with zero attached hydrogens (tertiary/aromatic N) is 20. The highest BCUT2D eigenvalue weighted by Crippen LogP contribution is 2.25. The van der Waals surface area contributed by atoms with Crippen molar-refractivity contribution < 1.29 is 58.0 Å². The van der Waals surface area contributed by atoms with Gasteiger partial charge in [-0.1, -0.05) is 169 Å². The highest BCUT2D eigenvalue weighted by molar-refractivity contribution is 9.09. The summed E-state index contributed by atoms with van der Waals surface area (Å²) in [6, 6.07) is 47.7. The normalized spacial score (nSPS) is 12.7. The maximum absolute atomic E-state index is 12.5. The average Bonchev–Trinajstić information content (AvgIpc) is 1.64. The molecular weight excluding hydrogens is 2040 g/mol. The summed E-state index contributed by atoms with van der Waals surface area (Å²) in [5, 5.41) is 9.88. The number of alkyl halides is 2. The zero-order chi connectivity index (χ0) is 109. The number of benzene rings is 6. The maximum atomic E-state index is 12.5. The number of rotatable bonds is 57. The quantitative estimate of drug-likeness (QED) is 0.0274. The van der Waals surface area contributed by atoms with E-state index in [0.717, 1.165) is 102 Å². The highest BCUT2D eigenvalue weighted by Gasteiger charge is 2.36. The second-order valence-corrected chi connectivity index (χ2v) is 47.7. The van der Waals surface area contributed by atoms with Gasteiger partial charge in [0.05, 0.1) is 48.4 Å². The number of hydrogen-bond donors (Lipinski definition) is 1. The van der Waals surface area contributed by atoms with Gasteiger partial charge in [0.25, 0.3) is 23.6 Å². The molecule has 0 bridgehead atoms. The molecule has 2 aliphatic rings. The molecule has 0 fully saturated rings. The van der Waals surface area contributed by atoms with E-state index in [0.29, 0.717) is 86.9 Å². The van der Waals surface area contributed by atoms with E-state index in [1.165, 1.54) is 126 Å². The highest BCUT2D eigenvalue weighted by atomic mass is 79.9. The van der Waals surface area contributed by atoms with E-state index >= 15 is 0 Å². The van der Waals surface area contributed by atoms with Gasteiger partial charge in [-0.2, -0.15) is 12.9 Å². The van der Waals surface area contributed by atoms with Gasteiger partial charge in [0.1, 0.15) is 0 Å². The van der Waals surface area contributed by atoms with E-state index in [-0.39, 0.29) is 41.7 Å². The van der Waals surface area contributed by atoms with Gasteiger partial charge >= 0.3 is 0 Å². The van der Waals surface area contributed by atoms with Gasteiger partial charge in [0.2, 0.25) is 40.1 Å². The summed E-state index contributed by atoms with van der Waals surface area (Å²) in [6.45, 7) is 31.9. The molecule has 0 spiro atoms. The second kappa shape index (κ2) is 77.9. The average molecular weight is 2220 g/mol. The molecule has 39 heteroatoms. The molecule has 2 heterocycles. The van der Waals surface area contributed by atoms with Crippen molar-refractivity contribution in [3.8, 4) is 0 Å². The monoisotopic (exact) mass is 2220 g/mol. The lowest BCUT2D eigenvalue weighted by Crippen LogP contribution is -2.38. The summed E-state index contributed by atoms with van der Waals surface area (Å²) in [4.78, 5) is 83.4. The van der Waals surface area contributed by atoms with E-state index in [9.17, 15) is 52.8 Å². The van der Waals surface area contributed by atoms with Crippen molar-refractivity contribution in [3.05, 3.63) is 192 Å². The van der Waals surface area contributed by atoms with Gasteiger partial charge in [0.15, 0.2) is 0 Å². The standard InChI is InChI=1S/C19H30N4O2.C17H32N4O2S.C14H25N3O2S.C12H29N3.C10H8BrNO2.C9H12BrNO2S.C9H22N2.C9H13NO3S.C6H15N/c1-20(2)12-13-22(4)15-14-21(3)10-7-11-23-18(24)16-8-5-6-9-17(16)19(23)25;1-18(2)11-12-19(3)13-14-20(4)15-16-21(5)24(22,23)17-9-7-6-8-10-17;1-15(2)10-11-16(3)12-13-17(4)20(18,19)14-8-6-5-7-9-14;1-6-7-8-14(4)11-12-15(5)10-9-13(2)3;11-5-6-12-9(13)7-3-1-2-4-8(7)10(12)14;1-11(8-7-10)14(12,13)9-5-3-2-4-6-9;1-5-6-7-11(4)9-8-10(2)3;1-10(7-8-11)14(12,13)9-5-3-2-4-6-9;1-4-5-6-7(2)3/h5-6,8-9H,7,10-15H2,1-4H3;6-10H,11-16H2,1-5H3;5-9H,10-13H2,1-4H3;6-12H2,1-5H3;1-4H,5-6H2;2-6H,7-8H2,1H3;5-9H2,1-4H3;2-6,11H,7-8H2,1H3;4-6H2,1-3H3. The molecule has 0 unspecified atom stereocenters. The molecule has 0 radical (unpaired) electrons. The molecule has 0 saturated heterocycles. The Morgan fingerprint density at radius 3 is 0.618 bits per heavy atom. The van der Waals surface area contributed by atoms with Crippen LogP contribution in [-0.2, 0) is 40.1 Å². The number of aliphatic hydroxyl groups is 1. The van der Waals surface area contributed by atoms with Gasteiger partial charge in [-0.3, -0.25) is 29.0 Å². The fourth-order valence-corrected chi connectivity index (χ4v) is 18.9. The number of unbranched alkanes of at least 4 members (excludes halogenated alkanes) is 3. The third kappa shape index (κ3) is 58.7. The Balaban J connectivity index is 0.00000163. The number of hydrogen-bond acceptors (Lipinski definition) is 27. The van der Waals surface area contributed by atoms with Crippen molar-refractivity contribution in [3.63, 3.8) is 0 Å². The van der Waals surface area contributed by atoms with Crippen LogP contribution in [0.5, 0.6) is 0 Å². The molecule has 8 rings (SSSR count). The molecule has 0 aliphatic carbocycles. The topological polar surface area (TPSA) is 290 Å². The van der Waals surface area contributed by atoms with Crippen LogP contribution >= 0.6 is 31.9 Å². The van der Waals surface area contributed by atoms with Gasteiger partial charge in [-0.25, -0.2) is 38.0 Å². The van der Waals surface area contributed by atoms with Crippen molar-refractivity contribution in [1.82, 2.24) is 95.6 Å². The van der Waals surface area contributed by atoms with Crippen LogP contribution in [0.15, 0.2) is 189 Å². The van der Waals surface area contributed by atoms with Crippen LogP contribution in [0.25, 0.3) is 0 Å². The van der Waals surface area contributed by atoms with Gasteiger partial charge in [-0.15, -0.1) is 0 Å². The predicted octanol–water partition coefficient (Wildman–Crippen LogP) is 10.1. The fourth-order valence-electron chi connectivity index (χ4n) is 13.0. The minimum atomic E-state index is -3.43. The molecule has 33 nitrogen and oxygen atoms in total. The smallest absolute Gasteiger partial charge is 0.261 e. The SMILES string of the molecule is CCCCN(C)C.CCCCN(C)CCN(C)C.CCCCN(C)CCN(C)CCN(C)C.CN(C)CCN(C)CCN(C)CCCN1C(=O)c2ccccc2C1=O.CN(C)CCN(C)CCN(C)CCN(C)S(=O)(=O)c1ccccc1.CN(C)CCN(C)CCN(C)S(=O)(=O)c1ccccc1.CN(CCBr)S(=O)(=O)c1ccccc1.CN(CCO)S(=O)(=O)c1ccccc1.O=C1c2ccccc2C(=O)N1CCBr. The van der Waals surface area contributed by atoms with Crippen molar-refractivity contribution in [2.75, 3.05) is 370 Å². The third-order valence-corrected chi connectivity index (χ3v) is 31.4. The van der Waals surface area contributed by atoms with Crippen LogP contribution in [0, 0.1) is 0 Å². The summed E-state index contributed by atoms with van der Waals surface area (Å²) in [7, 11) is 34.8. The molecular formula is C105H186Br2N20O13S4. The van der Waals surface area contributed by atoms with Crippen LogP contribution in [0.1, 0.15) is 107 Å². The van der Waals surface area contributed by atoms with Gasteiger partial charge in [0, 0.05) is 196 Å². The number of sulfonamides is 4. The number of carbonyl (C=O) groups is 4. The molecule has 0 saturated carbocycles. The van der Waals surface area contributed by atoms with Crippen molar-refractivity contribution in [2.24, 2.45) is 0 Å². The van der Waals surface area contributed by atoms with Crippen molar-refractivity contribution in [2.45, 2.75) is 85.3 Å². The lowest BCUT2D eigenvalue weighted by molar-refractivity contribution is 0.0638. The Morgan fingerprint density at radius 1 is 0.222 bits per heavy atom. The summed E-state index contributed by atoms with van der Waals surface area (Å²) < 4.78 is 102. The first kappa shape index (κ1) is 138. The molecule has 2 aliphatic heterocycles. The van der Waals surface area contributed by atoms with Gasteiger partial charge < -0.3 is 73.7 Å². The van der Waals surface area contributed by atoms with E-state index in [2.05, 4.69) is 234 Å².